The molecule has 0 bridgehead atoms. The molecule has 1 fully saturated rings. The summed E-state index contributed by atoms with van der Waals surface area (Å²) in [6.07, 6.45) is 0. The molecule has 7 heteroatoms. The van der Waals surface area contributed by atoms with Gasteiger partial charge >= 0.3 is 0 Å². The fourth-order valence-corrected chi connectivity index (χ4v) is 3.27. The van der Waals surface area contributed by atoms with Gasteiger partial charge in [0.25, 0.3) is 0 Å². The van der Waals surface area contributed by atoms with Crippen molar-refractivity contribution >= 4 is 23.2 Å². The molecule has 0 atom stereocenters. The maximum absolute atomic E-state index is 11.8. The Kier molecular flexibility index (Phi) is 7.05. The van der Waals surface area contributed by atoms with Crippen molar-refractivity contribution in [2.24, 2.45) is 4.99 Å². The molecule has 1 aliphatic heterocycles. The van der Waals surface area contributed by atoms with Gasteiger partial charge in [-0.2, -0.15) is 0 Å². The maximum atomic E-state index is 11.8. The molecule has 2 heterocycles. The van der Waals surface area contributed by atoms with Gasteiger partial charge in [-0.3, -0.25) is 9.69 Å². The molecule has 24 heavy (non-hydrogen) atoms. The second-order valence-electron chi connectivity index (χ2n) is 6.57. The standard InChI is InChI=1S/C17H29N5OS/c1-14(2)19-17(18-12-16(23)20(3)4)22-9-7-21(8-10-22)13-15-6-5-11-24-15/h5-6,11,14H,7-10,12-13H2,1-4H3,(H,18,19). The summed E-state index contributed by atoms with van der Waals surface area (Å²) in [4.78, 5) is 24.1. The Morgan fingerprint density at radius 2 is 2.04 bits per heavy atom. The average Bonchev–Trinajstić information content (AvgIpc) is 3.04. The number of hydrogen-bond donors (Lipinski definition) is 1. The topological polar surface area (TPSA) is 51.2 Å². The van der Waals surface area contributed by atoms with Crippen LogP contribution in [0.3, 0.4) is 0 Å². The molecular weight excluding hydrogens is 322 g/mol. The summed E-state index contributed by atoms with van der Waals surface area (Å²) >= 11 is 1.81. The first-order chi connectivity index (χ1) is 11.5. The van der Waals surface area contributed by atoms with Gasteiger partial charge in [0.2, 0.25) is 5.91 Å². The van der Waals surface area contributed by atoms with Crippen LogP contribution >= 0.6 is 11.3 Å². The molecule has 2 rings (SSSR count). The molecule has 1 aliphatic rings. The van der Waals surface area contributed by atoms with Gasteiger partial charge in [0.05, 0.1) is 0 Å². The van der Waals surface area contributed by atoms with E-state index in [1.807, 2.05) is 11.3 Å². The summed E-state index contributed by atoms with van der Waals surface area (Å²) in [7, 11) is 3.52. The lowest BCUT2D eigenvalue weighted by Crippen LogP contribution is -2.53. The Labute approximate surface area is 149 Å². The second kappa shape index (κ2) is 9.03. The van der Waals surface area contributed by atoms with Crippen molar-refractivity contribution in [3.8, 4) is 0 Å². The van der Waals surface area contributed by atoms with Crippen LogP contribution in [0.1, 0.15) is 18.7 Å². The highest BCUT2D eigenvalue weighted by atomic mass is 32.1. The van der Waals surface area contributed by atoms with Gasteiger partial charge < -0.3 is 15.1 Å². The monoisotopic (exact) mass is 351 g/mol. The molecule has 1 saturated heterocycles. The number of aliphatic imine (C=N–C) groups is 1. The van der Waals surface area contributed by atoms with Crippen LogP contribution in [0.15, 0.2) is 22.5 Å². The predicted molar refractivity (Wildman–Crippen MR) is 100 cm³/mol. The zero-order chi connectivity index (χ0) is 17.5. The van der Waals surface area contributed by atoms with Crippen molar-refractivity contribution in [1.29, 1.82) is 0 Å². The predicted octanol–water partition coefficient (Wildman–Crippen LogP) is 1.31. The van der Waals surface area contributed by atoms with E-state index in [2.05, 4.69) is 51.5 Å². The van der Waals surface area contributed by atoms with Crippen LogP contribution in [0.25, 0.3) is 0 Å². The number of nitrogens with one attached hydrogen (secondary N) is 1. The summed E-state index contributed by atoms with van der Waals surface area (Å²) in [5.41, 5.74) is 0. The Morgan fingerprint density at radius 3 is 2.58 bits per heavy atom. The molecule has 1 aromatic rings. The van der Waals surface area contributed by atoms with Crippen LogP contribution < -0.4 is 5.32 Å². The third kappa shape index (κ3) is 5.79. The molecule has 134 valence electrons. The molecule has 0 radical (unpaired) electrons. The number of nitrogens with zero attached hydrogens (tertiary/aromatic N) is 4. The van der Waals surface area contributed by atoms with Crippen molar-refractivity contribution < 1.29 is 4.79 Å². The minimum Gasteiger partial charge on any atom is -0.354 e. The first-order valence-corrected chi connectivity index (χ1v) is 9.34. The number of hydrogen-bond acceptors (Lipinski definition) is 4. The molecule has 1 N–H and O–H groups in total. The van der Waals surface area contributed by atoms with E-state index < -0.39 is 0 Å². The van der Waals surface area contributed by atoms with Gasteiger partial charge in [0.15, 0.2) is 5.96 Å². The minimum absolute atomic E-state index is 0.0226. The normalized spacial score (nSPS) is 16.5. The summed E-state index contributed by atoms with van der Waals surface area (Å²) in [5.74, 6) is 0.866. The Bertz CT molecular complexity index is 533. The number of piperazine rings is 1. The van der Waals surface area contributed by atoms with E-state index in [-0.39, 0.29) is 12.5 Å². The number of carbonyl (C=O) groups excluding carboxylic acids is 1. The van der Waals surface area contributed by atoms with Gasteiger partial charge in [-0.05, 0) is 25.3 Å². The number of amides is 1. The second-order valence-corrected chi connectivity index (χ2v) is 7.60. The minimum atomic E-state index is 0.0226. The molecule has 0 aliphatic carbocycles. The molecule has 0 saturated carbocycles. The van der Waals surface area contributed by atoms with Crippen LogP contribution in [0.2, 0.25) is 0 Å². The van der Waals surface area contributed by atoms with Gasteiger partial charge in [-0.1, -0.05) is 6.07 Å². The lowest BCUT2D eigenvalue weighted by atomic mass is 10.3. The number of rotatable bonds is 5. The van der Waals surface area contributed by atoms with Crippen molar-refractivity contribution in [1.82, 2.24) is 20.0 Å². The van der Waals surface area contributed by atoms with Gasteiger partial charge in [0, 0.05) is 57.7 Å². The lowest BCUT2D eigenvalue weighted by Gasteiger charge is -2.37. The van der Waals surface area contributed by atoms with Crippen molar-refractivity contribution in [3.63, 3.8) is 0 Å². The van der Waals surface area contributed by atoms with Gasteiger partial charge in [0.1, 0.15) is 6.54 Å². The third-order valence-corrected chi connectivity index (χ3v) is 4.77. The number of guanidine groups is 1. The summed E-state index contributed by atoms with van der Waals surface area (Å²) in [6, 6.07) is 4.59. The van der Waals surface area contributed by atoms with E-state index >= 15 is 0 Å². The Hall–Kier alpha value is -1.60. The summed E-state index contributed by atoms with van der Waals surface area (Å²) in [6.45, 7) is 9.29. The zero-order valence-electron chi connectivity index (χ0n) is 15.2. The maximum Gasteiger partial charge on any atom is 0.243 e. The van der Waals surface area contributed by atoms with E-state index in [4.69, 9.17) is 0 Å². The van der Waals surface area contributed by atoms with Gasteiger partial charge in [-0.15, -0.1) is 11.3 Å². The molecule has 1 aromatic heterocycles. The highest BCUT2D eigenvalue weighted by molar-refractivity contribution is 7.09. The largest absolute Gasteiger partial charge is 0.354 e. The summed E-state index contributed by atoms with van der Waals surface area (Å²) in [5, 5.41) is 5.52. The van der Waals surface area contributed by atoms with Gasteiger partial charge in [-0.25, -0.2) is 4.99 Å². The van der Waals surface area contributed by atoms with Crippen LogP contribution in [0.5, 0.6) is 0 Å². The van der Waals surface area contributed by atoms with Crippen LogP contribution in [-0.4, -0.2) is 79.4 Å². The molecule has 0 unspecified atom stereocenters. The van der Waals surface area contributed by atoms with Crippen molar-refractivity contribution in [2.45, 2.75) is 26.4 Å². The van der Waals surface area contributed by atoms with Crippen molar-refractivity contribution in [2.75, 3.05) is 46.8 Å². The highest BCUT2D eigenvalue weighted by Gasteiger charge is 2.21. The molecule has 0 aromatic carbocycles. The summed E-state index contributed by atoms with van der Waals surface area (Å²) < 4.78 is 0. The molecular formula is C17H29N5OS. The van der Waals surface area contributed by atoms with Crippen LogP contribution in [0.4, 0.5) is 0 Å². The lowest BCUT2D eigenvalue weighted by molar-refractivity contribution is -0.127. The van der Waals surface area contributed by atoms with E-state index in [0.29, 0.717) is 6.04 Å². The quantitative estimate of drug-likeness (QED) is 0.642. The zero-order valence-corrected chi connectivity index (χ0v) is 16.0. The van der Waals surface area contributed by atoms with E-state index in [0.717, 1.165) is 38.7 Å². The van der Waals surface area contributed by atoms with Crippen LogP contribution in [0, 0.1) is 0 Å². The Balaban J connectivity index is 1.91. The fraction of sp³-hybridized carbons (Fsp3) is 0.647. The first kappa shape index (κ1) is 18.7. The SMILES string of the molecule is CC(C)NC(=NCC(=O)N(C)C)N1CCN(Cc2cccs2)CC1. The fourth-order valence-electron chi connectivity index (χ4n) is 2.52. The smallest absolute Gasteiger partial charge is 0.243 e. The highest BCUT2D eigenvalue weighted by Crippen LogP contribution is 2.13. The number of thiophene rings is 1. The van der Waals surface area contributed by atoms with E-state index in [1.165, 1.54) is 4.88 Å². The number of likely N-dealkylation sites (N-methyl/N-ethyl adjacent to an activating group) is 1. The van der Waals surface area contributed by atoms with Crippen LogP contribution in [-0.2, 0) is 11.3 Å². The number of carbonyl (C=O) groups is 1. The molecule has 0 spiro atoms. The van der Waals surface area contributed by atoms with E-state index in [1.54, 1.807) is 19.0 Å². The first-order valence-electron chi connectivity index (χ1n) is 8.46. The molecule has 6 nitrogen and oxygen atoms in total. The Morgan fingerprint density at radius 1 is 1.33 bits per heavy atom. The van der Waals surface area contributed by atoms with E-state index in [9.17, 15) is 4.79 Å². The molecule has 1 amide bonds. The third-order valence-electron chi connectivity index (χ3n) is 3.91. The van der Waals surface area contributed by atoms with Crippen molar-refractivity contribution in [3.05, 3.63) is 22.4 Å². The average molecular weight is 352 g/mol.